The van der Waals surface area contributed by atoms with Gasteiger partial charge in [0.1, 0.15) is 5.75 Å². The summed E-state index contributed by atoms with van der Waals surface area (Å²) < 4.78 is 32.6. The Morgan fingerprint density at radius 3 is 2.45 bits per heavy atom. The van der Waals surface area contributed by atoms with E-state index in [0.717, 1.165) is 5.56 Å². The van der Waals surface area contributed by atoms with Crippen LogP contribution < -0.4 is 10.1 Å². The van der Waals surface area contributed by atoms with Crippen molar-refractivity contribution in [2.75, 3.05) is 13.7 Å². The highest BCUT2D eigenvalue weighted by molar-refractivity contribution is 5.74. The Morgan fingerprint density at radius 1 is 1.35 bits per heavy atom. The predicted molar refractivity (Wildman–Crippen MR) is 67.5 cm³/mol. The monoisotopic (exact) mass is 289 g/mol. The summed E-state index contributed by atoms with van der Waals surface area (Å²) >= 11 is 0. The summed E-state index contributed by atoms with van der Waals surface area (Å²) in [5.74, 6) is -0.643. The van der Waals surface area contributed by atoms with Crippen molar-refractivity contribution < 1.29 is 28.2 Å². The first-order valence-electron chi connectivity index (χ1n) is 5.98. The van der Waals surface area contributed by atoms with Crippen LogP contribution in [0.2, 0.25) is 0 Å². The molecule has 20 heavy (non-hydrogen) atoms. The molecule has 2 atom stereocenters. The smallest absolute Gasteiger partial charge is 0.387 e. The lowest BCUT2D eigenvalue weighted by molar-refractivity contribution is -0.150. The zero-order valence-corrected chi connectivity index (χ0v) is 11.2. The van der Waals surface area contributed by atoms with Gasteiger partial charge >= 0.3 is 12.6 Å². The van der Waals surface area contributed by atoms with Gasteiger partial charge in [0.15, 0.2) is 6.10 Å². The molecule has 1 aromatic rings. The van der Waals surface area contributed by atoms with E-state index >= 15 is 0 Å². The van der Waals surface area contributed by atoms with Gasteiger partial charge in [0.05, 0.1) is 7.11 Å². The van der Waals surface area contributed by atoms with E-state index in [9.17, 15) is 18.7 Å². The van der Waals surface area contributed by atoms with Crippen LogP contribution in [0.15, 0.2) is 24.3 Å². The van der Waals surface area contributed by atoms with E-state index in [4.69, 9.17) is 0 Å². The molecule has 0 unspecified atom stereocenters. The van der Waals surface area contributed by atoms with Gasteiger partial charge < -0.3 is 19.9 Å². The maximum atomic E-state index is 12.0. The molecule has 0 aliphatic heterocycles. The lowest BCUT2D eigenvalue weighted by Crippen LogP contribution is -2.35. The van der Waals surface area contributed by atoms with Gasteiger partial charge in [-0.1, -0.05) is 12.1 Å². The Bertz CT molecular complexity index is 425. The van der Waals surface area contributed by atoms with Gasteiger partial charge in [-0.3, -0.25) is 0 Å². The van der Waals surface area contributed by atoms with E-state index in [1.807, 2.05) is 6.92 Å². The first-order valence-corrected chi connectivity index (χ1v) is 5.98. The fourth-order valence-electron chi connectivity index (χ4n) is 1.56. The molecule has 0 aromatic heterocycles. The number of hydrogen-bond donors (Lipinski definition) is 2. The zero-order chi connectivity index (χ0) is 15.1. The fraction of sp³-hybridized carbons (Fsp3) is 0.462. The number of methoxy groups -OCH3 is 1. The van der Waals surface area contributed by atoms with Gasteiger partial charge in [0, 0.05) is 12.6 Å². The number of alkyl halides is 2. The molecule has 0 bridgehead atoms. The van der Waals surface area contributed by atoms with Crippen molar-refractivity contribution in [2.24, 2.45) is 0 Å². The van der Waals surface area contributed by atoms with Crippen LogP contribution in [0.1, 0.15) is 18.5 Å². The lowest BCUT2D eigenvalue weighted by Gasteiger charge is -2.16. The molecule has 2 N–H and O–H groups in total. The topological polar surface area (TPSA) is 67.8 Å². The van der Waals surface area contributed by atoms with Gasteiger partial charge in [-0.05, 0) is 24.6 Å². The first kappa shape index (κ1) is 16.3. The van der Waals surface area contributed by atoms with Crippen LogP contribution in [0.5, 0.6) is 5.75 Å². The van der Waals surface area contributed by atoms with Crippen LogP contribution in [-0.2, 0) is 9.53 Å². The largest absolute Gasteiger partial charge is 0.467 e. The number of rotatable bonds is 7. The summed E-state index contributed by atoms with van der Waals surface area (Å²) in [6.45, 7) is -1.01. The summed E-state index contributed by atoms with van der Waals surface area (Å²) in [5, 5.41) is 12.4. The number of aliphatic hydroxyl groups excluding tert-OH is 1. The minimum atomic E-state index is -2.85. The number of aliphatic hydroxyl groups is 1. The maximum Gasteiger partial charge on any atom is 0.387 e. The van der Waals surface area contributed by atoms with Crippen LogP contribution in [0, 0.1) is 0 Å². The van der Waals surface area contributed by atoms with E-state index in [2.05, 4.69) is 14.8 Å². The third kappa shape index (κ3) is 5.10. The third-order valence-corrected chi connectivity index (χ3v) is 2.70. The van der Waals surface area contributed by atoms with Gasteiger partial charge in [-0.25, -0.2) is 4.79 Å². The average Bonchev–Trinajstić information content (AvgIpc) is 2.43. The van der Waals surface area contributed by atoms with Crippen molar-refractivity contribution in [3.05, 3.63) is 29.8 Å². The summed E-state index contributed by atoms with van der Waals surface area (Å²) in [7, 11) is 1.19. The van der Waals surface area contributed by atoms with Crippen molar-refractivity contribution >= 4 is 5.97 Å². The second-order valence-corrected chi connectivity index (χ2v) is 4.12. The van der Waals surface area contributed by atoms with Crippen molar-refractivity contribution in [1.29, 1.82) is 0 Å². The predicted octanol–water partition coefficient (Wildman–Crippen LogP) is 1.47. The van der Waals surface area contributed by atoms with E-state index in [1.54, 1.807) is 12.1 Å². The van der Waals surface area contributed by atoms with Crippen molar-refractivity contribution in [3.63, 3.8) is 0 Å². The summed E-state index contributed by atoms with van der Waals surface area (Å²) in [5.41, 5.74) is 0.809. The molecule has 112 valence electrons. The number of nitrogens with one attached hydrogen (secondary N) is 1. The number of ether oxygens (including phenoxy) is 2. The summed E-state index contributed by atoms with van der Waals surface area (Å²) in [4.78, 5) is 11.0. The van der Waals surface area contributed by atoms with Crippen LogP contribution in [0.25, 0.3) is 0 Å². The molecule has 0 radical (unpaired) electrons. The van der Waals surface area contributed by atoms with Gasteiger partial charge in [0.2, 0.25) is 0 Å². The van der Waals surface area contributed by atoms with E-state index in [-0.39, 0.29) is 18.3 Å². The molecule has 7 heteroatoms. The van der Waals surface area contributed by atoms with Gasteiger partial charge in [-0.2, -0.15) is 8.78 Å². The molecule has 1 rings (SSSR count). The second kappa shape index (κ2) is 7.76. The Labute approximate surface area is 115 Å². The van der Waals surface area contributed by atoms with E-state index < -0.39 is 18.7 Å². The SMILES string of the molecule is COC(=O)[C@H](O)CN[C@@H](C)c1ccc(OC(F)F)cc1. The Hall–Kier alpha value is -1.73. The van der Waals surface area contributed by atoms with Crippen molar-refractivity contribution in [3.8, 4) is 5.75 Å². The zero-order valence-electron chi connectivity index (χ0n) is 11.2. The number of carbonyl (C=O) groups excluding carboxylic acids is 1. The third-order valence-electron chi connectivity index (χ3n) is 2.70. The Kier molecular flexibility index (Phi) is 6.33. The summed E-state index contributed by atoms with van der Waals surface area (Å²) in [6, 6.07) is 5.93. The van der Waals surface area contributed by atoms with Crippen LogP contribution in [0.4, 0.5) is 8.78 Å². The van der Waals surface area contributed by atoms with Crippen LogP contribution in [0.3, 0.4) is 0 Å². The number of carbonyl (C=O) groups is 1. The minimum Gasteiger partial charge on any atom is -0.467 e. The highest BCUT2D eigenvalue weighted by Gasteiger charge is 2.16. The van der Waals surface area contributed by atoms with Crippen LogP contribution >= 0.6 is 0 Å². The summed E-state index contributed by atoms with van der Waals surface area (Å²) in [6.07, 6.45) is -1.25. The molecule has 0 fully saturated rings. The molecule has 0 spiro atoms. The molecule has 0 saturated heterocycles. The standard InChI is InChI=1S/C13H17F2NO4/c1-8(16-7-11(17)12(18)19-2)9-3-5-10(6-4-9)20-13(14)15/h3-6,8,11,13,16-17H,7H2,1-2H3/t8-,11+/m0/s1. The Morgan fingerprint density at radius 2 is 1.95 bits per heavy atom. The average molecular weight is 289 g/mol. The van der Waals surface area contributed by atoms with E-state index in [0.29, 0.717) is 0 Å². The number of halogens is 2. The van der Waals surface area contributed by atoms with Crippen molar-refractivity contribution in [2.45, 2.75) is 25.7 Å². The Balaban J connectivity index is 2.51. The normalized spacial score (nSPS) is 13.9. The number of benzene rings is 1. The molecule has 1 aromatic carbocycles. The molecule has 0 saturated carbocycles. The van der Waals surface area contributed by atoms with Gasteiger partial charge in [-0.15, -0.1) is 0 Å². The number of esters is 1. The first-order chi connectivity index (χ1) is 9.43. The quantitative estimate of drug-likeness (QED) is 0.744. The van der Waals surface area contributed by atoms with Crippen LogP contribution in [-0.4, -0.2) is 37.4 Å². The minimum absolute atomic E-state index is 0.0309. The number of hydrogen-bond acceptors (Lipinski definition) is 5. The molecule has 0 aliphatic carbocycles. The molecular formula is C13H17F2NO4. The van der Waals surface area contributed by atoms with Crippen molar-refractivity contribution in [1.82, 2.24) is 5.32 Å². The molecular weight excluding hydrogens is 272 g/mol. The maximum absolute atomic E-state index is 12.0. The molecule has 0 amide bonds. The molecule has 0 aliphatic rings. The van der Waals surface area contributed by atoms with Gasteiger partial charge in [0.25, 0.3) is 0 Å². The highest BCUT2D eigenvalue weighted by Crippen LogP contribution is 2.19. The van der Waals surface area contributed by atoms with E-state index in [1.165, 1.54) is 19.2 Å². The molecule has 0 heterocycles. The fourth-order valence-corrected chi connectivity index (χ4v) is 1.56. The molecule has 5 nitrogen and oxygen atoms in total. The lowest BCUT2D eigenvalue weighted by atomic mass is 10.1. The highest BCUT2D eigenvalue weighted by atomic mass is 19.3. The second-order valence-electron chi connectivity index (χ2n) is 4.12.